The first-order valence-electron chi connectivity index (χ1n) is 5.73. The van der Waals surface area contributed by atoms with E-state index in [1.165, 1.54) is 22.3 Å². The highest BCUT2D eigenvalue weighted by molar-refractivity contribution is 5.89. The molecule has 0 fully saturated rings. The molecule has 1 heterocycles. The molecular formula is C15H10N2. The van der Waals surface area contributed by atoms with Crippen molar-refractivity contribution in [2.75, 3.05) is 0 Å². The predicted molar refractivity (Wildman–Crippen MR) is 67.8 cm³/mol. The van der Waals surface area contributed by atoms with Crippen LogP contribution in [-0.4, -0.2) is 9.97 Å². The second kappa shape index (κ2) is 3.14. The van der Waals surface area contributed by atoms with Crippen LogP contribution in [0.3, 0.4) is 0 Å². The molecule has 0 unspecified atom stereocenters. The molecule has 0 saturated carbocycles. The minimum absolute atomic E-state index is 1.02. The van der Waals surface area contributed by atoms with E-state index < -0.39 is 0 Å². The zero-order valence-corrected chi connectivity index (χ0v) is 9.22. The highest BCUT2D eigenvalue weighted by Crippen LogP contribution is 2.37. The third kappa shape index (κ3) is 1.21. The Morgan fingerprint density at radius 3 is 2.88 bits per heavy atom. The van der Waals surface area contributed by atoms with Crippen LogP contribution in [0.1, 0.15) is 11.1 Å². The van der Waals surface area contributed by atoms with Crippen LogP contribution in [0.4, 0.5) is 0 Å². The zero-order valence-electron chi connectivity index (χ0n) is 9.22. The van der Waals surface area contributed by atoms with Crippen LogP contribution in [0.2, 0.25) is 0 Å². The average Bonchev–Trinajstić information content (AvgIpc) is 2.73. The van der Waals surface area contributed by atoms with E-state index in [2.05, 4.69) is 46.4 Å². The maximum absolute atomic E-state index is 4.31. The Balaban J connectivity index is 2.07. The van der Waals surface area contributed by atoms with Crippen molar-refractivity contribution in [2.45, 2.75) is 6.42 Å². The smallest absolute Gasteiger partial charge is 0.116 e. The lowest BCUT2D eigenvalue weighted by Gasteiger charge is -2.02. The first-order chi connectivity index (χ1) is 8.42. The van der Waals surface area contributed by atoms with E-state index in [1.807, 2.05) is 6.20 Å². The molecule has 17 heavy (non-hydrogen) atoms. The zero-order chi connectivity index (χ0) is 11.2. The standard InChI is InChI=1S/C15H10N2/c1-2-4-13-10(3-1)5-11-7-15-12(6-14(11)13)8-16-9-17-15/h1-4,6-9H,5H2. The molecule has 80 valence electrons. The Morgan fingerprint density at radius 1 is 0.941 bits per heavy atom. The molecule has 0 aliphatic heterocycles. The molecule has 0 N–H and O–H groups in total. The predicted octanol–water partition coefficient (Wildman–Crippen LogP) is 3.20. The number of fused-ring (bicyclic) bond motifs is 4. The molecule has 0 amide bonds. The van der Waals surface area contributed by atoms with Crippen molar-refractivity contribution in [3.63, 3.8) is 0 Å². The van der Waals surface area contributed by atoms with Gasteiger partial charge >= 0.3 is 0 Å². The lowest BCUT2D eigenvalue weighted by Crippen LogP contribution is -1.85. The number of aromatic nitrogens is 2. The molecule has 0 spiro atoms. The Hall–Kier alpha value is -2.22. The normalized spacial score (nSPS) is 12.5. The van der Waals surface area contributed by atoms with Gasteiger partial charge in [0.05, 0.1) is 5.52 Å². The van der Waals surface area contributed by atoms with Crippen molar-refractivity contribution in [3.05, 3.63) is 60.0 Å². The largest absolute Gasteiger partial charge is 0.244 e. The summed E-state index contributed by atoms with van der Waals surface area (Å²) in [6.07, 6.45) is 4.51. The highest BCUT2D eigenvalue weighted by atomic mass is 14.8. The van der Waals surface area contributed by atoms with E-state index in [0.717, 1.165) is 17.3 Å². The summed E-state index contributed by atoms with van der Waals surface area (Å²) < 4.78 is 0. The Kier molecular flexibility index (Phi) is 1.64. The monoisotopic (exact) mass is 218 g/mol. The summed E-state index contributed by atoms with van der Waals surface area (Å²) in [6, 6.07) is 13.0. The van der Waals surface area contributed by atoms with Crippen LogP contribution in [-0.2, 0) is 6.42 Å². The van der Waals surface area contributed by atoms with Gasteiger partial charge < -0.3 is 0 Å². The van der Waals surface area contributed by atoms with Crippen molar-refractivity contribution in [3.8, 4) is 11.1 Å². The van der Waals surface area contributed by atoms with Gasteiger partial charge in [-0.25, -0.2) is 9.97 Å². The first kappa shape index (κ1) is 8.88. The highest BCUT2D eigenvalue weighted by Gasteiger charge is 2.18. The summed E-state index contributed by atoms with van der Waals surface area (Å²) in [7, 11) is 0. The molecule has 2 aromatic carbocycles. The van der Waals surface area contributed by atoms with Gasteiger partial charge in [0.2, 0.25) is 0 Å². The van der Waals surface area contributed by atoms with E-state index in [1.54, 1.807) is 6.33 Å². The lowest BCUT2D eigenvalue weighted by atomic mass is 10.0. The third-order valence-electron chi connectivity index (χ3n) is 3.42. The van der Waals surface area contributed by atoms with Gasteiger partial charge in [-0.1, -0.05) is 24.3 Å². The van der Waals surface area contributed by atoms with Crippen LogP contribution in [0, 0.1) is 0 Å². The molecule has 0 radical (unpaired) electrons. The maximum atomic E-state index is 4.31. The van der Waals surface area contributed by atoms with Gasteiger partial charge in [0.1, 0.15) is 6.33 Å². The topological polar surface area (TPSA) is 25.8 Å². The number of hydrogen-bond acceptors (Lipinski definition) is 2. The third-order valence-corrected chi connectivity index (χ3v) is 3.42. The van der Waals surface area contributed by atoms with Crippen molar-refractivity contribution in [2.24, 2.45) is 0 Å². The van der Waals surface area contributed by atoms with Crippen molar-refractivity contribution < 1.29 is 0 Å². The second-order valence-electron chi connectivity index (χ2n) is 4.42. The molecule has 2 nitrogen and oxygen atoms in total. The average molecular weight is 218 g/mol. The second-order valence-corrected chi connectivity index (χ2v) is 4.42. The van der Waals surface area contributed by atoms with Gasteiger partial charge in [0.25, 0.3) is 0 Å². The van der Waals surface area contributed by atoms with Gasteiger partial charge in [-0.15, -0.1) is 0 Å². The van der Waals surface area contributed by atoms with Crippen LogP contribution in [0.5, 0.6) is 0 Å². The SMILES string of the molecule is c1ccc2c(c1)Cc1cc3ncncc3cc1-2. The maximum Gasteiger partial charge on any atom is 0.116 e. The van der Waals surface area contributed by atoms with Crippen LogP contribution in [0.15, 0.2) is 48.9 Å². The first-order valence-corrected chi connectivity index (χ1v) is 5.73. The fourth-order valence-electron chi connectivity index (χ4n) is 2.61. The van der Waals surface area contributed by atoms with E-state index in [9.17, 15) is 0 Å². The number of benzene rings is 2. The fourth-order valence-corrected chi connectivity index (χ4v) is 2.61. The van der Waals surface area contributed by atoms with Gasteiger partial charge in [0.15, 0.2) is 0 Å². The van der Waals surface area contributed by atoms with E-state index in [4.69, 9.17) is 0 Å². The molecule has 1 aromatic heterocycles. The summed E-state index contributed by atoms with van der Waals surface area (Å²) in [5, 5.41) is 1.11. The molecule has 1 aliphatic carbocycles. The van der Waals surface area contributed by atoms with Crippen molar-refractivity contribution in [1.82, 2.24) is 9.97 Å². The minimum Gasteiger partial charge on any atom is -0.244 e. The lowest BCUT2D eigenvalue weighted by molar-refractivity contribution is 1.21. The molecule has 3 aromatic rings. The molecule has 0 saturated heterocycles. The molecule has 1 aliphatic rings. The van der Waals surface area contributed by atoms with Crippen molar-refractivity contribution >= 4 is 10.9 Å². The molecule has 0 bridgehead atoms. The number of nitrogens with zero attached hydrogens (tertiary/aromatic N) is 2. The fraction of sp³-hybridized carbons (Fsp3) is 0.0667. The molecule has 0 atom stereocenters. The minimum atomic E-state index is 1.02. The molecular weight excluding hydrogens is 208 g/mol. The number of rotatable bonds is 0. The van der Waals surface area contributed by atoms with Gasteiger partial charge in [-0.3, -0.25) is 0 Å². The summed E-state index contributed by atoms with van der Waals surface area (Å²) in [5.41, 5.74) is 6.51. The molecule has 4 rings (SSSR count). The number of hydrogen-bond donors (Lipinski definition) is 0. The Morgan fingerprint density at radius 2 is 1.88 bits per heavy atom. The van der Waals surface area contributed by atoms with Gasteiger partial charge in [0, 0.05) is 11.6 Å². The van der Waals surface area contributed by atoms with E-state index in [0.29, 0.717) is 0 Å². The van der Waals surface area contributed by atoms with Gasteiger partial charge in [-0.2, -0.15) is 0 Å². The van der Waals surface area contributed by atoms with Crippen molar-refractivity contribution in [1.29, 1.82) is 0 Å². The Bertz CT molecular complexity index is 732. The van der Waals surface area contributed by atoms with E-state index in [-0.39, 0.29) is 0 Å². The summed E-state index contributed by atoms with van der Waals surface area (Å²) in [6.45, 7) is 0. The molecule has 2 heteroatoms. The van der Waals surface area contributed by atoms with Crippen LogP contribution in [0.25, 0.3) is 22.0 Å². The summed E-state index contributed by atoms with van der Waals surface area (Å²) >= 11 is 0. The van der Waals surface area contributed by atoms with Crippen LogP contribution >= 0.6 is 0 Å². The quantitative estimate of drug-likeness (QED) is 0.453. The summed E-state index contributed by atoms with van der Waals surface area (Å²) in [4.78, 5) is 8.39. The summed E-state index contributed by atoms with van der Waals surface area (Å²) in [5.74, 6) is 0. The Labute approximate surface area is 99.0 Å². The van der Waals surface area contributed by atoms with Gasteiger partial charge in [-0.05, 0) is 40.8 Å². The van der Waals surface area contributed by atoms with E-state index >= 15 is 0 Å². The van der Waals surface area contributed by atoms with Crippen LogP contribution < -0.4 is 0 Å².